The van der Waals surface area contributed by atoms with Gasteiger partial charge in [-0.3, -0.25) is 9.53 Å². The molecule has 0 radical (unpaired) electrons. The van der Waals surface area contributed by atoms with Gasteiger partial charge < -0.3 is 4.90 Å². The van der Waals surface area contributed by atoms with E-state index in [4.69, 9.17) is 0 Å². The SMILES string of the molecule is Cc1ccccc1S(=O)C(C)(C)C1CCN(C(=O)Nc2ccns2)CC1. The van der Waals surface area contributed by atoms with Gasteiger partial charge in [-0.1, -0.05) is 18.2 Å². The third-order valence-electron chi connectivity index (χ3n) is 5.20. The van der Waals surface area contributed by atoms with Gasteiger partial charge in [-0.25, -0.2) is 4.79 Å². The van der Waals surface area contributed by atoms with Gasteiger partial charge >= 0.3 is 6.03 Å². The molecule has 0 saturated carbocycles. The van der Waals surface area contributed by atoms with E-state index in [1.165, 1.54) is 11.5 Å². The monoisotopic (exact) mass is 391 g/mol. The van der Waals surface area contributed by atoms with Crippen molar-refractivity contribution in [2.24, 2.45) is 5.92 Å². The molecule has 7 heteroatoms. The molecule has 1 atom stereocenters. The van der Waals surface area contributed by atoms with Crippen LogP contribution in [0, 0.1) is 12.8 Å². The molecule has 1 saturated heterocycles. The Labute approximate surface area is 161 Å². The molecule has 1 unspecified atom stereocenters. The standard InChI is InChI=1S/C19H25N3O2S2/c1-14-6-4-5-7-16(14)26(24)19(2,3)15-9-12-22(13-10-15)18(23)21-17-8-11-20-25-17/h4-8,11,15H,9-10,12-13H2,1-3H3,(H,21,23). The third kappa shape index (κ3) is 3.99. The summed E-state index contributed by atoms with van der Waals surface area (Å²) in [6.07, 6.45) is 3.40. The average molecular weight is 392 g/mol. The first kappa shape index (κ1) is 19.0. The van der Waals surface area contributed by atoms with E-state index in [0.717, 1.165) is 28.3 Å². The van der Waals surface area contributed by atoms with Crippen LogP contribution in [0.2, 0.25) is 0 Å². The second-order valence-corrected chi connectivity index (χ2v) is 10.1. The number of carbonyl (C=O) groups excluding carboxylic acids is 1. The van der Waals surface area contributed by atoms with Gasteiger partial charge in [-0.15, -0.1) is 0 Å². The third-order valence-corrected chi connectivity index (χ3v) is 8.01. The Morgan fingerprint density at radius 2 is 1.96 bits per heavy atom. The summed E-state index contributed by atoms with van der Waals surface area (Å²) < 4.78 is 16.9. The number of carbonyl (C=O) groups is 1. The van der Waals surface area contributed by atoms with E-state index in [0.29, 0.717) is 19.0 Å². The Morgan fingerprint density at radius 3 is 2.58 bits per heavy atom. The van der Waals surface area contributed by atoms with E-state index in [2.05, 4.69) is 23.5 Å². The topological polar surface area (TPSA) is 62.3 Å². The fourth-order valence-corrected chi connectivity index (χ4v) is 5.60. The number of hydrogen-bond donors (Lipinski definition) is 1. The second kappa shape index (κ2) is 7.88. The zero-order valence-corrected chi connectivity index (χ0v) is 17.0. The number of anilines is 1. The molecule has 3 rings (SSSR count). The summed E-state index contributed by atoms with van der Waals surface area (Å²) in [6.45, 7) is 7.56. The molecule has 0 spiro atoms. The minimum Gasteiger partial charge on any atom is -0.324 e. The fraction of sp³-hybridized carbons (Fsp3) is 0.474. The highest BCUT2D eigenvalue weighted by atomic mass is 32.2. The van der Waals surface area contributed by atoms with Gasteiger partial charge in [0, 0.05) is 28.9 Å². The molecule has 140 valence electrons. The lowest BCUT2D eigenvalue weighted by molar-refractivity contribution is 0.172. The van der Waals surface area contributed by atoms with Crippen LogP contribution in [0.15, 0.2) is 41.4 Å². The minimum absolute atomic E-state index is 0.0782. The molecule has 1 fully saturated rings. The average Bonchev–Trinajstić information content (AvgIpc) is 3.14. The molecule has 0 aliphatic carbocycles. The minimum atomic E-state index is -1.08. The van der Waals surface area contributed by atoms with Crippen LogP contribution in [0.5, 0.6) is 0 Å². The van der Waals surface area contributed by atoms with E-state index in [1.54, 1.807) is 12.3 Å². The van der Waals surface area contributed by atoms with Gasteiger partial charge in [0.2, 0.25) is 0 Å². The number of piperidine rings is 1. The number of nitrogens with one attached hydrogen (secondary N) is 1. The number of likely N-dealkylation sites (tertiary alicyclic amines) is 1. The van der Waals surface area contributed by atoms with Crippen LogP contribution >= 0.6 is 11.5 Å². The van der Waals surface area contributed by atoms with Crippen molar-refractivity contribution in [3.05, 3.63) is 42.1 Å². The maximum Gasteiger partial charge on any atom is 0.322 e. The molecule has 5 nitrogen and oxygen atoms in total. The van der Waals surface area contributed by atoms with Crippen molar-refractivity contribution in [2.75, 3.05) is 18.4 Å². The van der Waals surface area contributed by atoms with Crippen molar-refractivity contribution in [3.8, 4) is 0 Å². The predicted octanol–water partition coefficient (Wildman–Crippen LogP) is 4.28. The number of benzene rings is 1. The van der Waals surface area contributed by atoms with Crippen LogP contribution in [-0.2, 0) is 10.8 Å². The second-order valence-electron chi connectivity index (χ2n) is 7.21. The summed E-state index contributed by atoms with van der Waals surface area (Å²) in [5, 5.41) is 3.65. The van der Waals surface area contributed by atoms with Gasteiger partial charge in [0.05, 0.1) is 10.8 Å². The molecule has 26 heavy (non-hydrogen) atoms. The van der Waals surface area contributed by atoms with Gasteiger partial charge in [0.1, 0.15) is 5.00 Å². The van der Waals surface area contributed by atoms with Gasteiger partial charge in [0.25, 0.3) is 0 Å². The molecule has 2 heterocycles. The van der Waals surface area contributed by atoms with E-state index < -0.39 is 10.8 Å². The van der Waals surface area contributed by atoms with E-state index in [1.807, 2.05) is 36.1 Å². The summed E-state index contributed by atoms with van der Waals surface area (Å²) in [4.78, 5) is 15.1. The number of aromatic nitrogens is 1. The zero-order chi connectivity index (χ0) is 18.7. The predicted molar refractivity (Wildman–Crippen MR) is 107 cm³/mol. The van der Waals surface area contributed by atoms with Crippen molar-refractivity contribution in [1.29, 1.82) is 0 Å². The van der Waals surface area contributed by atoms with Crippen LogP contribution in [0.25, 0.3) is 0 Å². The first-order chi connectivity index (χ1) is 12.4. The summed E-state index contributed by atoms with van der Waals surface area (Å²) in [5.41, 5.74) is 1.07. The molecule has 1 aliphatic heterocycles. The number of amides is 2. The van der Waals surface area contributed by atoms with E-state index in [9.17, 15) is 9.00 Å². The molecule has 1 aromatic heterocycles. The molecule has 0 bridgehead atoms. The summed E-state index contributed by atoms with van der Waals surface area (Å²) in [5.74, 6) is 0.315. The summed E-state index contributed by atoms with van der Waals surface area (Å²) in [7, 11) is -1.08. The van der Waals surface area contributed by atoms with Crippen molar-refractivity contribution in [3.63, 3.8) is 0 Å². The molecular formula is C19H25N3O2S2. The lowest BCUT2D eigenvalue weighted by Crippen LogP contribution is -2.47. The van der Waals surface area contributed by atoms with Crippen molar-refractivity contribution < 1.29 is 9.00 Å². The Kier molecular flexibility index (Phi) is 5.77. The molecule has 2 amide bonds. The molecule has 1 aliphatic rings. The quantitative estimate of drug-likeness (QED) is 0.846. The van der Waals surface area contributed by atoms with Crippen molar-refractivity contribution in [2.45, 2.75) is 43.3 Å². The van der Waals surface area contributed by atoms with Crippen molar-refractivity contribution in [1.82, 2.24) is 9.27 Å². The lowest BCUT2D eigenvalue weighted by atomic mass is 9.86. The summed E-state index contributed by atoms with van der Waals surface area (Å²) >= 11 is 1.27. The van der Waals surface area contributed by atoms with Gasteiger partial charge in [-0.2, -0.15) is 4.37 Å². The maximum absolute atomic E-state index is 13.2. The van der Waals surface area contributed by atoms with Crippen LogP contribution in [0.1, 0.15) is 32.3 Å². The summed E-state index contributed by atoms with van der Waals surface area (Å²) in [6, 6.07) is 9.61. The highest BCUT2D eigenvalue weighted by Gasteiger charge is 2.39. The van der Waals surface area contributed by atoms with Crippen LogP contribution < -0.4 is 5.32 Å². The highest BCUT2D eigenvalue weighted by molar-refractivity contribution is 7.86. The van der Waals surface area contributed by atoms with E-state index in [-0.39, 0.29) is 10.8 Å². The Hall–Kier alpha value is -1.73. The Balaban J connectivity index is 1.62. The van der Waals surface area contributed by atoms with Crippen LogP contribution in [-0.4, -0.2) is 37.3 Å². The zero-order valence-electron chi connectivity index (χ0n) is 15.4. The van der Waals surface area contributed by atoms with E-state index >= 15 is 0 Å². The molecule has 2 aromatic rings. The lowest BCUT2D eigenvalue weighted by Gasteiger charge is -2.40. The number of hydrogen-bond acceptors (Lipinski definition) is 4. The largest absolute Gasteiger partial charge is 0.324 e. The van der Waals surface area contributed by atoms with Crippen LogP contribution in [0.3, 0.4) is 0 Å². The number of urea groups is 1. The maximum atomic E-state index is 13.2. The van der Waals surface area contributed by atoms with Gasteiger partial charge in [-0.05, 0) is 68.8 Å². The molecule has 1 N–H and O–H groups in total. The first-order valence-corrected chi connectivity index (χ1v) is 10.8. The molecule has 1 aromatic carbocycles. The smallest absolute Gasteiger partial charge is 0.322 e. The first-order valence-electron chi connectivity index (χ1n) is 8.83. The number of nitrogens with zero attached hydrogens (tertiary/aromatic N) is 2. The Bertz CT molecular complexity index is 782. The highest BCUT2D eigenvalue weighted by Crippen LogP contribution is 2.36. The van der Waals surface area contributed by atoms with Crippen molar-refractivity contribution >= 4 is 33.4 Å². The fourth-order valence-electron chi connectivity index (χ4n) is 3.44. The van der Waals surface area contributed by atoms with Crippen LogP contribution in [0.4, 0.5) is 9.80 Å². The van der Waals surface area contributed by atoms with Gasteiger partial charge in [0.15, 0.2) is 0 Å². The Morgan fingerprint density at radius 1 is 1.27 bits per heavy atom. The molecular weight excluding hydrogens is 366 g/mol. The normalized spacial score (nSPS) is 17.1. The number of aryl methyl sites for hydroxylation is 1. The number of rotatable bonds is 4.